The summed E-state index contributed by atoms with van der Waals surface area (Å²) in [6.45, 7) is 22.5. The van der Waals surface area contributed by atoms with Crippen molar-refractivity contribution in [2.24, 2.45) is 11.8 Å². The van der Waals surface area contributed by atoms with Crippen LogP contribution in [0, 0.1) is 18.8 Å². The molecule has 1 aromatic carbocycles. The molecule has 2 saturated heterocycles. The van der Waals surface area contributed by atoms with Crippen molar-refractivity contribution in [3.8, 4) is 0 Å². The van der Waals surface area contributed by atoms with Crippen molar-refractivity contribution in [3.63, 3.8) is 0 Å². The summed E-state index contributed by atoms with van der Waals surface area (Å²) < 4.78 is 40.9. The van der Waals surface area contributed by atoms with Crippen molar-refractivity contribution >= 4 is 22.3 Å². The van der Waals surface area contributed by atoms with E-state index in [-0.39, 0.29) is 41.8 Å². The fourth-order valence-electron chi connectivity index (χ4n) is 5.63. The fraction of sp³-hybridized carbons (Fsp3) is 0.758. The van der Waals surface area contributed by atoms with E-state index in [1.165, 1.54) is 0 Å². The summed E-state index contributed by atoms with van der Waals surface area (Å²) in [6, 6.07) is 6.61. The van der Waals surface area contributed by atoms with E-state index >= 15 is 0 Å². The van der Waals surface area contributed by atoms with Crippen LogP contribution in [-0.2, 0) is 23.8 Å². The number of amides is 2. The normalized spacial score (nSPS) is 22.0. The Morgan fingerprint density at radius 2 is 1.23 bits per heavy atom. The maximum Gasteiger partial charge on any atom is 0.410 e. The molecule has 2 unspecified atom stereocenters. The highest BCUT2D eigenvalue weighted by Crippen LogP contribution is 2.34. The highest BCUT2D eigenvalue weighted by atomic mass is 32.2. The van der Waals surface area contributed by atoms with Crippen molar-refractivity contribution in [2.75, 3.05) is 26.3 Å². The molecule has 0 saturated carbocycles. The predicted molar refractivity (Wildman–Crippen MR) is 171 cm³/mol. The molecule has 0 spiro atoms. The molecule has 0 radical (unpaired) electrons. The summed E-state index contributed by atoms with van der Waals surface area (Å²) >= 11 is 0. The Hall–Kier alpha value is -2.37. The first-order valence-electron chi connectivity index (χ1n) is 15.5. The molecule has 2 heterocycles. The van der Waals surface area contributed by atoms with Crippen molar-refractivity contribution in [3.05, 3.63) is 29.8 Å². The number of aryl methyl sites for hydroxylation is 1. The molecule has 1 N–H and O–H groups in total. The largest absolute Gasteiger partial charge is 0.444 e. The third kappa shape index (κ3) is 11.5. The molecule has 2 amide bonds. The fourth-order valence-corrected chi connectivity index (χ4v) is 6.61. The lowest BCUT2D eigenvalue weighted by atomic mass is 9.83. The summed E-state index contributed by atoms with van der Waals surface area (Å²) in [5.41, 5.74) is -0.683. The summed E-state index contributed by atoms with van der Waals surface area (Å²) in [6.07, 6.45) is 2.40. The maximum absolute atomic E-state index is 12.4. The summed E-state index contributed by atoms with van der Waals surface area (Å²) in [5, 5.41) is 9.20. The van der Waals surface area contributed by atoms with Gasteiger partial charge in [0.25, 0.3) is 10.1 Å². The highest BCUT2D eigenvalue weighted by molar-refractivity contribution is 7.86. The van der Waals surface area contributed by atoms with Crippen LogP contribution in [-0.4, -0.2) is 84.1 Å². The molecule has 3 rings (SSSR count). The van der Waals surface area contributed by atoms with E-state index in [1.807, 2.05) is 76.2 Å². The Kier molecular flexibility index (Phi) is 12.4. The van der Waals surface area contributed by atoms with Crippen molar-refractivity contribution in [2.45, 2.75) is 129 Å². The van der Waals surface area contributed by atoms with Gasteiger partial charge < -0.3 is 24.4 Å². The number of ether oxygens (including phenoxy) is 2. The van der Waals surface area contributed by atoms with Crippen LogP contribution in [0.25, 0.3) is 0 Å². The van der Waals surface area contributed by atoms with Gasteiger partial charge in [0, 0.05) is 30.8 Å². The van der Waals surface area contributed by atoms with Crippen LogP contribution >= 0.6 is 0 Å². The predicted octanol–water partition coefficient (Wildman–Crippen LogP) is 6.53. The molecule has 2 fully saturated rings. The average molecular weight is 641 g/mol. The number of nitrogens with zero attached hydrogens (tertiary/aromatic N) is 2. The third-order valence-electron chi connectivity index (χ3n) is 7.81. The number of aliphatic hydroxyl groups excluding tert-OH is 1. The minimum absolute atomic E-state index is 0.0545. The Labute approximate surface area is 265 Å². The molecular weight excluding hydrogens is 584 g/mol. The highest BCUT2D eigenvalue weighted by Gasteiger charge is 2.41. The summed E-state index contributed by atoms with van der Waals surface area (Å²) in [7, 11) is -3.77. The topological polar surface area (TPSA) is 123 Å². The lowest BCUT2D eigenvalue weighted by molar-refractivity contribution is -0.0203. The number of hydrogen-bond acceptors (Lipinski definition) is 8. The quantitative estimate of drug-likeness (QED) is 0.361. The number of likely N-dealkylation sites (tertiary alicyclic amines) is 2. The van der Waals surface area contributed by atoms with Crippen molar-refractivity contribution < 1.29 is 36.8 Å². The Morgan fingerprint density at radius 3 is 1.61 bits per heavy atom. The van der Waals surface area contributed by atoms with E-state index in [0.29, 0.717) is 31.8 Å². The van der Waals surface area contributed by atoms with Gasteiger partial charge >= 0.3 is 12.2 Å². The van der Waals surface area contributed by atoms with Gasteiger partial charge in [0.1, 0.15) is 11.2 Å². The number of piperidine rings is 2. The number of carbonyl (C=O) groups excluding carboxylic acids is 2. The van der Waals surface area contributed by atoms with Crippen LogP contribution in [0.5, 0.6) is 0 Å². The van der Waals surface area contributed by atoms with E-state index in [4.69, 9.17) is 13.7 Å². The number of aliphatic hydroxyl groups is 1. The number of rotatable bonds is 5. The van der Waals surface area contributed by atoms with Gasteiger partial charge in [0.15, 0.2) is 0 Å². The standard InChI is InChI=1S/C20H31NO5S.C13H25NO3/c1-15-7-9-17(10-8-15)27(23,24)25-14-16-11-12-21(20(5,6)13-16)18(22)26-19(2,3)4;1-12(2,3)17-11(16)14-7-6-10(9-15)8-13(14,4)5/h7-10,16H,11-14H2,1-6H3;10,15H,6-9H2,1-5H3. The number of benzene rings is 1. The molecule has 252 valence electrons. The first-order valence-corrected chi connectivity index (χ1v) is 16.9. The lowest BCUT2D eigenvalue weighted by Gasteiger charge is -2.45. The van der Waals surface area contributed by atoms with Gasteiger partial charge in [-0.15, -0.1) is 0 Å². The molecular formula is C33H56N2O8S. The molecule has 0 aliphatic carbocycles. The van der Waals surface area contributed by atoms with Crippen molar-refractivity contribution in [1.82, 2.24) is 9.80 Å². The first-order chi connectivity index (χ1) is 20.0. The van der Waals surface area contributed by atoms with E-state index in [2.05, 4.69) is 0 Å². The van der Waals surface area contributed by atoms with E-state index < -0.39 is 26.9 Å². The van der Waals surface area contributed by atoms with Gasteiger partial charge in [0.05, 0.1) is 11.5 Å². The van der Waals surface area contributed by atoms with Crippen LogP contribution in [0.4, 0.5) is 9.59 Å². The molecule has 10 nitrogen and oxygen atoms in total. The minimum Gasteiger partial charge on any atom is -0.444 e. The zero-order valence-electron chi connectivity index (χ0n) is 28.7. The zero-order chi connectivity index (χ0) is 33.7. The first kappa shape index (κ1) is 37.8. The number of hydrogen-bond donors (Lipinski definition) is 1. The average Bonchev–Trinajstić information content (AvgIpc) is 2.84. The maximum atomic E-state index is 12.4. The second kappa shape index (κ2) is 14.4. The van der Waals surface area contributed by atoms with Crippen LogP contribution in [0.3, 0.4) is 0 Å². The van der Waals surface area contributed by atoms with Crippen LogP contribution in [0.2, 0.25) is 0 Å². The Balaban J connectivity index is 0.000000342. The Morgan fingerprint density at radius 1 is 0.818 bits per heavy atom. The smallest absolute Gasteiger partial charge is 0.410 e. The van der Waals surface area contributed by atoms with Crippen molar-refractivity contribution in [1.29, 1.82) is 0 Å². The second-order valence-corrected chi connectivity index (χ2v) is 17.0. The minimum atomic E-state index is -3.77. The van der Waals surface area contributed by atoms with E-state index in [9.17, 15) is 23.1 Å². The van der Waals surface area contributed by atoms with Crippen LogP contribution in [0.15, 0.2) is 29.2 Å². The molecule has 1 aromatic rings. The summed E-state index contributed by atoms with van der Waals surface area (Å²) in [5.74, 6) is 0.350. The monoisotopic (exact) mass is 640 g/mol. The van der Waals surface area contributed by atoms with Crippen LogP contribution in [0.1, 0.15) is 100 Å². The molecule has 2 aliphatic rings. The SMILES string of the molecule is CC(C)(C)OC(=O)N1CCC(CO)CC1(C)C.Cc1ccc(S(=O)(=O)OCC2CCN(C(=O)OC(C)(C)C)C(C)(C)C2)cc1. The molecule has 11 heteroatoms. The molecule has 44 heavy (non-hydrogen) atoms. The van der Waals surface area contributed by atoms with Gasteiger partial charge in [0.2, 0.25) is 0 Å². The third-order valence-corrected chi connectivity index (χ3v) is 9.11. The molecule has 2 aliphatic heterocycles. The molecule has 0 bridgehead atoms. The second-order valence-electron chi connectivity index (χ2n) is 15.3. The molecule has 0 aromatic heterocycles. The van der Waals surface area contributed by atoms with Gasteiger partial charge in [-0.05, 0) is 126 Å². The van der Waals surface area contributed by atoms with E-state index in [0.717, 1.165) is 18.4 Å². The Bertz CT molecular complexity index is 1210. The lowest BCUT2D eigenvalue weighted by Crippen LogP contribution is -2.54. The summed E-state index contributed by atoms with van der Waals surface area (Å²) in [4.78, 5) is 28.2. The van der Waals surface area contributed by atoms with E-state index in [1.54, 1.807) is 34.1 Å². The van der Waals surface area contributed by atoms with Gasteiger partial charge in [-0.3, -0.25) is 4.18 Å². The van der Waals surface area contributed by atoms with Gasteiger partial charge in [-0.25, -0.2) is 9.59 Å². The van der Waals surface area contributed by atoms with Crippen LogP contribution < -0.4 is 0 Å². The molecule has 2 atom stereocenters. The van der Waals surface area contributed by atoms with Gasteiger partial charge in [-0.1, -0.05) is 17.7 Å². The zero-order valence-corrected chi connectivity index (χ0v) is 29.5. The number of carbonyl (C=O) groups is 2. The van der Waals surface area contributed by atoms with Gasteiger partial charge in [-0.2, -0.15) is 8.42 Å².